The summed E-state index contributed by atoms with van der Waals surface area (Å²) in [6, 6.07) is 8.02. The van der Waals surface area contributed by atoms with Crippen molar-refractivity contribution in [2.45, 2.75) is 13.8 Å². The molecule has 0 saturated carbocycles. The zero-order valence-electron chi connectivity index (χ0n) is 10.3. The maximum absolute atomic E-state index is 9.75. The molecule has 2 heteroatoms. The van der Waals surface area contributed by atoms with Gasteiger partial charge in [-0.3, -0.25) is 0 Å². The molecule has 0 saturated heterocycles. The van der Waals surface area contributed by atoms with Gasteiger partial charge in [-0.2, -0.15) is 0 Å². The van der Waals surface area contributed by atoms with Gasteiger partial charge >= 0.3 is 0 Å². The van der Waals surface area contributed by atoms with E-state index in [4.69, 9.17) is 0 Å². The standard InChI is InChI=1S/C10H10.C5H8O2/c1-3-9-7-5-6-8-10(9)4-2;1-3-4(2)5(6)7/h3-8H,1-2H2;3H,1-2H3,(H,6,7)/p-1/b;4-3+. The predicted octanol–water partition coefficient (Wildman–Crippen LogP) is 2.68. The number of rotatable bonds is 3. The Balaban J connectivity index is 0.000000325. The number of hydrogen-bond donors (Lipinski definition) is 0. The Kier molecular flexibility index (Phi) is 7.11. The van der Waals surface area contributed by atoms with Gasteiger partial charge in [-0.25, -0.2) is 0 Å². The van der Waals surface area contributed by atoms with Crippen LogP contribution in [-0.4, -0.2) is 5.97 Å². The Morgan fingerprint density at radius 1 is 1.18 bits per heavy atom. The third-order valence-electron chi connectivity index (χ3n) is 2.19. The van der Waals surface area contributed by atoms with E-state index in [-0.39, 0.29) is 5.57 Å². The molecule has 0 fully saturated rings. The molecule has 0 spiro atoms. The highest BCUT2D eigenvalue weighted by molar-refractivity contribution is 5.83. The topological polar surface area (TPSA) is 40.1 Å². The first-order chi connectivity index (χ1) is 8.06. The molecule has 0 aliphatic heterocycles. The maximum Gasteiger partial charge on any atom is 0.0668 e. The average molecular weight is 229 g/mol. The van der Waals surface area contributed by atoms with E-state index in [1.165, 1.54) is 13.0 Å². The second-order valence-electron chi connectivity index (χ2n) is 3.30. The fraction of sp³-hybridized carbons (Fsp3) is 0.133. The van der Waals surface area contributed by atoms with E-state index in [1.807, 2.05) is 36.4 Å². The number of benzene rings is 1. The molecule has 17 heavy (non-hydrogen) atoms. The number of carbonyl (C=O) groups is 1. The minimum Gasteiger partial charge on any atom is -0.545 e. The van der Waals surface area contributed by atoms with E-state index in [0.717, 1.165) is 11.1 Å². The van der Waals surface area contributed by atoms with E-state index in [9.17, 15) is 9.90 Å². The Morgan fingerprint density at radius 2 is 1.59 bits per heavy atom. The molecule has 0 amide bonds. The molecule has 0 bridgehead atoms. The second kappa shape index (κ2) is 8.11. The molecular formula is C15H17O2-. The van der Waals surface area contributed by atoms with Gasteiger partial charge in [-0.05, 0) is 30.5 Å². The molecule has 1 rings (SSSR count). The van der Waals surface area contributed by atoms with Crippen LogP contribution in [0.4, 0.5) is 0 Å². The van der Waals surface area contributed by atoms with E-state index in [1.54, 1.807) is 6.92 Å². The highest BCUT2D eigenvalue weighted by Crippen LogP contribution is 2.10. The maximum atomic E-state index is 9.75. The molecule has 0 aromatic heterocycles. The monoisotopic (exact) mass is 229 g/mol. The molecule has 0 unspecified atom stereocenters. The van der Waals surface area contributed by atoms with Crippen molar-refractivity contribution in [1.82, 2.24) is 0 Å². The molecular weight excluding hydrogens is 212 g/mol. The molecule has 0 aliphatic carbocycles. The van der Waals surface area contributed by atoms with Gasteiger partial charge in [0.1, 0.15) is 0 Å². The number of carboxylic acids is 1. The zero-order chi connectivity index (χ0) is 13.3. The van der Waals surface area contributed by atoms with Crippen LogP contribution < -0.4 is 5.11 Å². The lowest BCUT2D eigenvalue weighted by molar-refractivity contribution is -0.299. The van der Waals surface area contributed by atoms with Crippen molar-refractivity contribution in [2.75, 3.05) is 0 Å². The largest absolute Gasteiger partial charge is 0.545 e. The van der Waals surface area contributed by atoms with E-state index in [2.05, 4.69) is 13.2 Å². The molecule has 0 atom stereocenters. The SMILES string of the molecule is C/C=C(\C)C(=O)[O-].C=Cc1ccccc1C=C. The molecule has 0 radical (unpaired) electrons. The number of carboxylic acid groups (broad SMARTS) is 1. The van der Waals surface area contributed by atoms with Gasteiger partial charge in [0.2, 0.25) is 0 Å². The van der Waals surface area contributed by atoms with Gasteiger partial charge in [0.25, 0.3) is 0 Å². The van der Waals surface area contributed by atoms with Crippen LogP contribution in [0.3, 0.4) is 0 Å². The van der Waals surface area contributed by atoms with Crippen molar-refractivity contribution in [3.8, 4) is 0 Å². The van der Waals surface area contributed by atoms with Crippen LogP contribution in [0.25, 0.3) is 12.2 Å². The van der Waals surface area contributed by atoms with Crippen molar-refractivity contribution >= 4 is 18.1 Å². The molecule has 0 heterocycles. The summed E-state index contributed by atoms with van der Waals surface area (Å²) >= 11 is 0. The minimum absolute atomic E-state index is 0.278. The fourth-order valence-electron chi connectivity index (χ4n) is 1.00. The summed E-state index contributed by atoms with van der Waals surface area (Å²) in [7, 11) is 0. The van der Waals surface area contributed by atoms with Crippen LogP contribution in [-0.2, 0) is 4.79 Å². The van der Waals surface area contributed by atoms with Crippen LogP contribution in [0.5, 0.6) is 0 Å². The highest BCUT2D eigenvalue weighted by atomic mass is 16.4. The summed E-state index contributed by atoms with van der Waals surface area (Å²) in [5.41, 5.74) is 2.55. The molecule has 0 N–H and O–H groups in total. The average Bonchev–Trinajstić information content (AvgIpc) is 2.38. The van der Waals surface area contributed by atoms with Crippen molar-refractivity contribution < 1.29 is 9.90 Å². The molecule has 90 valence electrons. The fourth-order valence-corrected chi connectivity index (χ4v) is 1.00. The second-order valence-corrected chi connectivity index (χ2v) is 3.30. The Bertz CT molecular complexity index is 401. The van der Waals surface area contributed by atoms with Gasteiger partial charge in [-0.1, -0.05) is 55.7 Å². The molecule has 0 aliphatic rings. The molecule has 1 aromatic carbocycles. The molecule has 2 nitrogen and oxygen atoms in total. The zero-order valence-corrected chi connectivity index (χ0v) is 10.3. The summed E-state index contributed by atoms with van der Waals surface area (Å²) in [5, 5.41) is 9.75. The van der Waals surface area contributed by atoms with Gasteiger partial charge in [0, 0.05) is 0 Å². The Labute approximate surface area is 103 Å². The lowest BCUT2D eigenvalue weighted by Crippen LogP contribution is -2.22. The quantitative estimate of drug-likeness (QED) is 0.747. The Morgan fingerprint density at radius 3 is 1.76 bits per heavy atom. The normalized spacial score (nSPS) is 9.88. The lowest BCUT2D eigenvalue weighted by Gasteiger charge is -1.96. The third kappa shape index (κ3) is 5.52. The lowest BCUT2D eigenvalue weighted by atomic mass is 10.1. The summed E-state index contributed by atoms with van der Waals surface area (Å²) in [4.78, 5) is 9.75. The van der Waals surface area contributed by atoms with Crippen molar-refractivity contribution in [3.63, 3.8) is 0 Å². The number of aliphatic carboxylic acids is 1. The summed E-state index contributed by atoms with van der Waals surface area (Å²) in [6.07, 6.45) is 5.16. The van der Waals surface area contributed by atoms with Crippen LogP contribution >= 0.6 is 0 Å². The smallest absolute Gasteiger partial charge is 0.0668 e. The van der Waals surface area contributed by atoms with Gasteiger partial charge in [0.15, 0.2) is 0 Å². The van der Waals surface area contributed by atoms with Crippen molar-refractivity contribution in [2.24, 2.45) is 0 Å². The molecule has 1 aromatic rings. The van der Waals surface area contributed by atoms with Gasteiger partial charge in [-0.15, -0.1) is 0 Å². The summed E-state index contributed by atoms with van der Waals surface area (Å²) in [6.45, 7) is 10.5. The number of carbonyl (C=O) groups excluding carboxylic acids is 1. The highest BCUT2D eigenvalue weighted by Gasteiger charge is 1.89. The number of allylic oxidation sites excluding steroid dienone is 1. The number of hydrogen-bond acceptors (Lipinski definition) is 2. The van der Waals surface area contributed by atoms with Gasteiger partial charge < -0.3 is 9.90 Å². The first-order valence-corrected chi connectivity index (χ1v) is 5.25. The van der Waals surface area contributed by atoms with E-state index >= 15 is 0 Å². The first-order valence-electron chi connectivity index (χ1n) is 5.25. The summed E-state index contributed by atoms with van der Waals surface area (Å²) < 4.78 is 0. The minimum atomic E-state index is -1.09. The van der Waals surface area contributed by atoms with Crippen molar-refractivity contribution in [1.29, 1.82) is 0 Å². The van der Waals surface area contributed by atoms with Crippen LogP contribution in [0.15, 0.2) is 49.1 Å². The summed E-state index contributed by atoms with van der Waals surface area (Å²) in [5.74, 6) is -1.09. The Hall–Kier alpha value is -2.09. The van der Waals surface area contributed by atoms with Crippen LogP contribution in [0, 0.1) is 0 Å². The van der Waals surface area contributed by atoms with Gasteiger partial charge in [0.05, 0.1) is 5.97 Å². The van der Waals surface area contributed by atoms with Crippen molar-refractivity contribution in [3.05, 3.63) is 60.2 Å². The van der Waals surface area contributed by atoms with Crippen LogP contribution in [0.1, 0.15) is 25.0 Å². The third-order valence-corrected chi connectivity index (χ3v) is 2.19. The van der Waals surface area contributed by atoms with E-state index < -0.39 is 5.97 Å². The van der Waals surface area contributed by atoms with E-state index in [0.29, 0.717) is 0 Å². The first kappa shape index (κ1) is 14.9. The predicted molar refractivity (Wildman–Crippen MR) is 71.1 cm³/mol. The van der Waals surface area contributed by atoms with Crippen LogP contribution in [0.2, 0.25) is 0 Å².